The smallest absolute Gasteiger partial charge is 0.255 e. The van der Waals surface area contributed by atoms with Gasteiger partial charge in [-0.15, -0.1) is 0 Å². The van der Waals surface area contributed by atoms with E-state index in [0.717, 1.165) is 32.4 Å². The summed E-state index contributed by atoms with van der Waals surface area (Å²) < 4.78 is 19.4. The molecular formula is C18H25FN2O3. The molecule has 5 nitrogen and oxygen atoms in total. The Morgan fingerprint density at radius 1 is 1.29 bits per heavy atom. The molecule has 2 heterocycles. The van der Waals surface area contributed by atoms with Gasteiger partial charge in [-0.25, -0.2) is 4.39 Å². The van der Waals surface area contributed by atoms with Gasteiger partial charge in [0.2, 0.25) is 0 Å². The fourth-order valence-corrected chi connectivity index (χ4v) is 3.59. The number of ether oxygens (including phenoxy) is 1. The summed E-state index contributed by atoms with van der Waals surface area (Å²) in [6.07, 6.45) is 2.83. The van der Waals surface area contributed by atoms with Crippen molar-refractivity contribution in [1.29, 1.82) is 0 Å². The highest BCUT2D eigenvalue weighted by molar-refractivity contribution is 5.85. The highest BCUT2D eigenvalue weighted by Gasteiger charge is 2.42. The maximum atomic E-state index is 13.6. The van der Waals surface area contributed by atoms with Gasteiger partial charge >= 0.3 is 0 Å². The summed E-state index contributed by atoms with van der Waals surface area (Å²) in [5.74, 6) is -0.234. The van der Waals surface area contributed by atoms with Crippen LogP contribution in [-0.2, 0) is 4.79 Å². The molecule has 2 aliphatic heterocycles. The van der Waals surface area contributed by atoms with E-state index in [2.05, 4.69) is 4.90 Å². The molecule has 24 heavy (non-hydrogen) atoms. The number of β-amino-alcohol motifs (C(OH)–C–C–N with tert-alkyl or cyclic N) is 1. The molecule has 0 saturated carbocycles. The topological polar surface area (TPSA) is 53.0 Å². The number of halogens is 1. The number of carbonyl (C=O) groups excluding carboxylic acids is 1. The number of nitrogens with zero attached hydrogens (tertiary/aromatic N) is 2. The molecule has 1 amide bonds. The van der Waals surface area contributed by atoms with Crippen molar-refractivity contribution < 1.29 is 19.0 Å². The van der Waals surface area contributed by atoms with Crippen molar-refractivity contribution in [2.75, 3.05) is 33.2 Å². The molecule has 2 aliphatic rings. The number of piperidine rings is 2. The van der Waals surface area contributed by atoms with Crippen LogP contribution in [0.15, 0.2) is 24.3 Å². The molecule has 2 saturated heterocycles. The average molecular weight is 336 g/mol. The van der Waals surface area contributed by atoms with Gasteiger partial charge in [-0.1, -0.05) is 12.1 Å². The van der Waals surface area contributed by atoms with Crippen molar-refractivity contribution in [2.24, 2.45) is 0 Å². The molecule has 1 N–H and O–H groups in total. The van der Waals surface area contributed by atoms with Crippen LogP contribution in [0.25, 0.3) is 0 Å². The van der Waals surface area contributed by atoms with Crippen LogP contribution in [0.2, 0.25) is 0 Å². The lowest BCUT2D eigenvalue weighted by molar-refractivity contribution is -0.158. The fourth-order valence-electron chi connectivity index (χ4n) is 3.59. The molecule has 0 bridgehead atoms. The van der Waals surface area contributed by atoms with E-state index in [1.807, 2.05) is 0 Å². The molecule has 3 rings (SSSR count). The standard InChI is InChI=1S/C18H25FN2O3/c1-20-10-4-9-18(23,17(20)22)13-21-11-7-14(8-12-21)24-16-6-3-2-5-15(16)19/h2-3,5-6,14,23H,4,7-13H2,1H3. The molecule has 0 spiro atoms. The normalized spacial score (nSPS) is 26.6. The van der Waals surface area contributed by atoms with Crippen molar-refractivity contribution in [3.63, 3.8) is 0 Å². The van der Waals surface area contributed by atoms with Crippen LogP contribution < -0.4 is 4.74 Å². The van der Waals surface area contributed by atoms with Crippen LogP contribution in [-0.4, -0.2) is 65.7 Å². The Kier molecular flexibility index (Phi) is 5.06. The van der Waals surface area contributed by atoms with Crippen molar-refractivity contribution >= 4 is 5.91 Å². The van der Waals surface area contributed by atoms with Gasteiger partial charge in [0.1, 0.15) is 6.10 Å². The lowest BCUT2D eigenvalue weighted by Gasteiger charge is -2.41. The molecule has 2 fully saturated rings. The molecule has 1 aromatic rings. The summed E-state index contributed by atoms with van der Waals surface area (Å²) >= 11 is 0. The minimum Gasteiger partial charge on any atom is -0.487 e. The molecule has 0 aliphatic carbocycles. The Morgan fingerprint density at radius 3 is 2.71 bits per heavy atom. The van der Waals surface area contributed by atoms with Gasteiger partial charge in [0.05, 0.1) is 0 Å². The molecule has 132 valence electrons. The Bertz CT molecular complexity index is 589. The van der Waals surface area contributed by atoms with Gasteiger partial charge < -0.3 is 14.7 Å². The molecular weight excluding hydrogens is 311 g/mol. The lowest BCUT2D eigenvalue weighted by atomic mass is 9.90. The number of hydrogen-bond donors (Lipinski definition) is 1. The molecule has 0 aromatic heterocycles. The largest absolute Gasteiger partial charge is 0.487 e. The number of aliphatic hydroxyl groups is 1. The van der Waals surface area contributed by atoms with E-state index in [1.165, 1.54) is 6.07 Å². The molecule has 6 heteroatoms. The van der Waals surface area contributed by atoms with Crippen molar-refractivity contribution in [3.05, 3.63) is 30.1 Å². The minimum atomic E-state index is -1.27. The Morgan fingerprint density at radius 2 is 2.00 bits per heavy atom. The number of likely N-dealkylation sites (tertiary alicyclic amines) is 2. The van der Waals surface area contributed by atoms with Gasteiger partial charge in [0, 0.05) is 33.2 Å². The number of likely N-dealkylation sites (N-methyl/N-ethyl adjacent to an activating group) is 1. The fraction of sp³-hybridized carbons (Fsp3) is 0.611. The Hall–Kier alpha value is -1.66. The Balaban J connectivity index is 1.52. The van der Waals surface area contributed by atoms with Crippen LogP contribution in [0, 0.1) is 5.82 Å². The first kappa shape index (κ1) is 17.2. The SMILES string of the molecule is CN1CCCC(O)(CN2CCC(Oc3ccccc3F)CC2)C1=O. The highest BCUT2D eigenvalue weighted by atomic mass is 19.1. The summed E-state index contributed by atoms with van der Waals surface area (Å²) in [5.41, 5.74) is -1.27. The zero-order valence-electron chi connectivity index (χ0n) is 14.1. The van der Waals surface area contributed by atoms with Gasteiger partial charge in [-0.3, -0.25) is 9.69 Å². The van der Waals surface area contributed by atoms with Crippen LogP contribution in [0.4, 0.5) is 4.39 Å². The third-order valence-corrected chi connectivity index (χ3v) is 4.98. The van der Waals surface area contributed by atoms with E-state index in [1.54, 1.807) is 30.1 Å². The lowest BCUT2D eigenvalue weighted by Crippen LogP contribution is -2.58. The van der Waals surface area contributed by atoms with Gasteiger partial charge in [-0.05, 0) is 37.8 Å². The number of hydrogen-bond acceptors (Lipinski definition) is 4. The Labute approximate surface area is 142 Å². The zero-order chi connectivity index (χ0) is 17.2. The van der Waals surface area contributed by atoms with Crippen LogP contribution in [0.5, 0.6) is 5.75 Å². The first-order chi connectivity index (χ1) is 11.5. The van der Waals surface area contributed by atoms with Crippen molar-refractivity contribution in [3.8, 4) is 5.75 Å². The molecule has 1 unspecified atom stereocenters. The first-order valence-corrected chi connectivity index (χ1v) is 8.59. The van der Waals surface area contributed by atoms with Gasteiger partial charge in [-0.2, -0.15) is 0 Å². The predicted octanol–water partition coefficient (Wildman–Crippen LogP) is 1.65. The number of amides is 1. The third-order valence-electron chi connectivity index (χ3n) is 4.98. The minimum absolute atomic E-state index is 0.0301. The van der Waals surface area contributed by atoms with E-state index in [0.29, 0.717) is 25.3 Å². The number of benzene rings is 1. The number of carbonyl (C=O) groups is 1. The second kappa shape index (κ2) is 7.07. The number of para-hydroxylation sites is 1. The van der Waals surface area contributed by atoms with Crippen molar-refractivity contribution in [1.82, 2.24) is 9.80 Å². The van der Waals surface area contributed by atoms with E-state index >= 15 is 0 Å². The quantitative estimate of drug-likeness (QED) is 0.908. The third kappa shape index (κ3) is 3.70. The monoisotopic (exact) mass is 336 g/mol. The maximum absolute atomic E-state index is 13.6. The second-order valence-electron chi connectivity index (χ2n) is 6.89. The second-order valence-corrected chi connectivity index (χ2v) is 6.89. The predicted molar refractivity (Wildman–Crippen MR) is 88.3 cm³/mol. The number of rotatable bonds is 4. The van der Waals surface area contributed by atoms with Crippen molar-refractivity contribution in [2.45, 2.75) is 37.4 Å². The summed E-state index contributed by atoms with van der Waals surface area (Å²) in [5, 5.41) is 10.7. The summed E-state index contributed by atoms with van der Waals surface area (Å²) in [6.45, 7) is 2.54. The summed E-state index contributed by atoms with van der Waals surface area (Å²) in [6, 6.07) is 6.43. The summed E-state index contributed by atoms with van der Waals surface area (Å²) in [7, 11) is 1.74. The van der Waals surface area contributed by atoms with Gasteiger partial charge in [0.15, 0.2) is 17.2 Å². The van der Waals surface area contributed by atoms with Crippen LogP contribution in [0.1, 0.15) is 25.7 Å². The maximum Gasteiger partial charge on any atom is 0.255 e. The molecule has 1 aromatic carbocycles. The van der Waals surface area contributed by atoms with E-state index in [-0.39, 0.29) is 17.8 Å². The molecule has 0 radical (unpaired) electrons. The van der Waals surface area contributed by atoms with Crippen LogP contribution in [0.3, 0.4) is 0 Å². The summed E-state index contributed by atoms with van der Waals surface area (Å²) in [4.78, 5) is 16.0. The van der Waals surface area contributed by atoms with Gasteiger partial charge in [0.25, 0.3) is 5.91 Å². The van der Waals surface area contributed by atoms with Crippen LogP contribution >= 0.6 is 0 Å². The average Bonchev–Trinajstić information content (AvgIpc) is 2.57. The first-order valence-electron chi connectivity index (χ1n) is 8.59. The molecule has 1 atom stereocenters. The highest BCUT2D eigenvalue weighted by Crippen LogP contribution is 2.26. The van der Waals surface area contributed by atoms with E-state index < -0.39 is 5.60 Å². The van der Waals surface area contributed by atoms with E-state index in [4.69, 9.17) is 4.74 Å². The van der Waals surface area contributed by atoms with E-state index in [9.17, 15) is 14.3 Å². The zero-order valence-corrected chi connectivity index (χ0v) is 14.1.